The average molecular weight is 190 g/mol. The van der Waals surface area contributed by atoms with Gasteiger partial charge in [-0.2, -0.15) is 11.8 Å². The van der Waals surface area contributed by atoms with E-state index in [2.05, 4.69) is 5.32 Å². The Morgan fingerprint density at radius 3 is 2.50 bits per heavy atom. The van der Waals surface area contributed by atoms with Gasteiger partial charge in [0.1, 0.15) is 5.78 Å². The predicted octanol–water partition coefficient (Wildman–Crippen LogP) is -0.618. The Balaban J connectivity index is 3.59. The van der Waals surface area contributed by atoms with Crippen molar-refractivity contribution in [3.8, 4) is 0 Å². The fraction of sp³-hybridized carbons (Fsp3) is 0.714. The first-order valence-electron chi connectivity index (χ1n) is 3.61. The summed E-state index contributed by atoms with van der Waals surface area (Å²) in [4.78, 5) is 21.2. The minimum absolute atomic E-state index is 0.110. The Labute approximate surface area is 76.3 Å². The molecule has 0 aromatic carbocycles. The summed E-state index contributed by atoms with van der Waals surface area (Å²) >= 11 is 1.41. The first-order chi connectivity index (χ1) is 5.57. The smallest absolute Gasteiger partial charge is 0.235 e. The molecule has 4 nitrogen and oxygen atoms in total. The second-order valence-electron chi connectivity index (χ2n) is 2.46. The second kappa shape index (κ2) is 6.02. The number of primary amides is 1. The van der Waals surface area contributed by atoms with Crippen LogP contribution in [-0.4, -0.2) is 36.3 Å². The number of carbonyl (C=O) groups excluding carboxylic acids is 2. The molecule has 0 saturated heterocycles. The molecule has 0 unspecified atom stereocenters. The van der Waals surface area contributed by atoms with Gasteiger partial charge in [-0.3, -0.25) is 9.59 Å². The van der Waals surface area contributed by atoms with Crippen molar-refractivity contribution in [2.75, 3.05) is 18.6 Å². The topological polar surface area (TPSA) is 72.2 Å². The van der Waals surface area contributed by atoms with Crippen LogP contribution in [0.2, 0.25) is 0 Å². The maximum atomic E-state index is 10.7. The van der Waals surface area contributed by atoms with Gasteiger partial charge in [-0.05, 0) is 14.0 Å². The Bertz CT molecular complexity index is 173. The summed E-state index contributed by atoms with van der Waals surface area (Å²) < 4.78 is 0. The van der Waals surface area contributed by atoms with E-state index >= 15 is 0 Å². The molecule has 0 fully saturated rings. The van der Waals surface area contributed by atoms with E-state index in [0.717, 1.165) is 0 Å². The molecule has 0 aliphatic rings. The summed E-state index contributed by atoms with van der Waals surface area (Å²) in [5.41, 5.74) is 5.06. The van der Waals surface area contributed by atoms with Gasteiger partial charge in [-0.1, -0.05) is 0 Å². The average Bonchev–Trinajstić information content (AvgIpc) is 1.96. The van der Waals surface area contributed by atoms with Crippen LogP contribution in [0.5, 0.6) is 0 Å². The molecule has 0 aliphatic carbocycles. The predicted molar refractivity (Wildman–Crippen MR) is 50.0 cm³/mol. The minimum atomic E-state index is -0.381. The zero-order chi connectivity index (χ0) is 9.56. The standard InChI is InChI=1S/C7H14N2O2S/c1-5(10)3-12-4-6(9-2)7(8)11/h6,9H,3-4H2,1-2H3,(H2,8,11)/t6-/m1/s1. The van der Waals surface area contributed by atoms with Crippen LogP contribution in [0.1, 0.15) is 6.92 Å². The molecule has 0 heterocycles. The summed E-state index contributed by atoms with van der Waals surface area (Å²) in [7, 11) is 1.67. The van der Waals surface area contributed by atoms with E-state index in [-0.39, 0.29) is 17.7 Å². The highest BCUT2D eigenvalue weighted by Gasteiger charge is 2.11. The number of Topliss-reactive ketones (excluding diaryl/α,β-unsaturated/α-hetero) is 1. The van der Waals surface area contributed by atoms with Crippen molar-refractivity contribution < 1.29 is 9.59 Å². The van der Waals surface area contributed by atoms with E-state index in [1.54, 1.807) is 7.05 Å². The highest BCUT2D eigenvalue weighted by Crippen LogP contribution is 2.02. The third kappa shape index (κ3) is 5.15. The number of nitrogens with one attached hydrogen (secondary N) is 1. The Hall–Kier alpha value is -0.550. The molecular formula is C7H14N2O2S. The number of carbonyl (C=O) groups is 2. The molecule has 0 spiro atoms. The van der Waals surface area contributed by atoms with E-state index in [1.165, 1.54) is 18.7 Å². The van der Waals surface area contributed by atoms with Crippen LogP contribution in [0, 0.1) is 0 Å². The molecular weight excluding hydrogens is 176 g/mol. The van der Waals surface area contributed by atoms with Crippen LogP contribution in [0.15, 0.2) is 0 Å². The first-order valence-corrected chi connectivity index (χ1v) is 4.77. The lowest BCUT2D eigenvalue weighted by atomic mass is 10.3. The largest absolute Gasteiger partial charge is 0.368 e. The van der Waals surface area contributed by atoms with Gasteiger partial charge in [-0.15, -0.1) is 0 Å². The molecule has 0 aromatic rings. The van der Waals surface area contributed by atoms with Crippen LogP contribution < -0.4 is 11.1 Å². The van der Waals surface area contributed by atoms with Crippen LogP contribution in [0.3, 0.4) is 0 Å². The fourth-order valence-electron chi connectivity index (χ4n) is 0.628. The van der Waals surface area contributed by atoms with Crippen molar-refractivity contribution in [2.45, 2.75) is 13.0 Å². The van der Waals surface area contributed by atoms with Gasteiger partial charge < -0.3 is 11.1 Å². The SMILES string of the molecule is CN[C@H](CSCC(C)=O)C(N)=O. The molecule has 0 aromatic heterocycles. The van der Waals surface area contributed by atoms with Crippen molar-refractivity contribution in [3.63, 3.8) is 0 Å². The number of nitrogens with two attached hydrogens (primary N) is 1. The maximum absolute atomic E-state index is 10.7. The van der Waals surface area contributed by atoms with E-state index in [1.807, 2.05) is 0 Å². The summed E-state index contributed by atoms with van der Waals surface area (Å²) in [6, 6.07) is -0.339. The lowest BCUT2D eigenvalue weighted by Crippen LogP contribution is -2.41. The first kappa shape index (κ1) is 11.4. The molecule has 1 atom stereocenters. The normalized spacial score (nSPS) is 12.5. The minimum Gasteiger partial charge on any atom is -0.368 e. The lowest BCUT2D eigenvalue weighted by Gasteiger charge is -2.10. The van der Waals surface area contributed by atoms with Gasteiger partial charge in [0.25, 0.3) is 0 Å². The summed E-state index contributed by atoms with van der Waals surface area (Å²) in [5.74, 6) is 0.713. The van der Waals surface area contributed by atoms with Crippen molar-refractivity contribution in [3.05, 3.63) is 0 Å². The van der Waals surface area contributed by atoms with Gasteiger partial charge in [-0.25, -0.2) is 0 Å². The number of likely N-dealkylation sites (N-methyl/N-ethyl adjacent to an activating group) is 1. The van der Waals surface area contributed by atoms with Crippen molar-refractivity contribution in [1.29, 1.82) is 0 Å². The highest BCUT2D eigenvalue weighted by atomic mass is 32.2. The molecule has 1 amide bonds. The highest BCUT2D eigenvalue weighted by molar-refractivity contribution is 8.00. The van der Waals surface area contributed by atoms with Crippen LogP contribution in [0.4, 0.5) is 0 Å². The van der Waals surface area contributed by atoms with Gasteiger partial charge >= 0.3 is 0 Å². The van der Waals surface area contributed by atoms with Crippen molar-refractivity contribution in [2.24, 2.45) is 5.73 Å². The Morgan fingerprint density at radius 2 is 2.17 bits per heavy atom. The third-order valence-corrected chi connectivity index (χ3v) is 2.46. The number of rotatable bonds is 6. The summed E-state index contributed by atoms with van der Waals surface area (Å²) in [5, 5.41) is 2.77. The number of hydrogen-bond acceptors (Lipinski definition) is 4. The zero-order valence-electron chi connectivity index (χ0n) is 7.29. The van der Waals surface area contributed by atoms with Gasteiger partial charge in [0.15, 0.2) is 0 Å². The van der Waals surface area contributed by atoms with E-state index in [0.29, 0.717) is 11.5 Å². The van der Waals surface area contributed by atoms with E-state index in [4.69, 9.17) is 5.73 Å². The van der Waals surface area contributed by atoms with Gasteiger partial charge in [0, 0.05) is 5.75 Å². The lowest BCUT2D eigenvalue weighted by molar-refractivity contribution is -0.119. The summed E-state index contributed by atoms with van der Waals surface area (Å²) in [6.45, 7) is 1.52. The molecule has 0 aliphatic heterocycles. The Kier molecular flexibility index (Phi) is 5.74. The molecule has 12 heavy (non-hydrogen) atoms. The maximum Gasteiger partial charge on any atom is 0.235 e. The molecule has 3 N–H and O–H groups in total. The van der Waals surface area contributed by atoms with Crippen LogP contribution in [0.25, 0.3) is 0 Å². The zero-order valence-corrected chi connectivity index (χ0v) is 8.11. The van der Waals surface area contributed by atoms with Gasteiger partial charge in [0.2, 0.25) is 5.91 Å². The van der Waals surface area contributed by atoms with E-state index in [9.17, 15) is 9.59 Å². The van der Waals surface area contributed by atoms with Crippen LogP contribution >= 0.6 is 11.8 Å². The number of amides is 1. The number of hydrogen-bond donors (Lipinski definition) is 2. The number of thioether (sulfide) groups is 1. The summed E-state index contributed by atoms with van der Waals surface area (Å²) in [6.07, 6.45) is 0. The molecule has 5 heteroatoms. The van der Waals surface area contributed by atoms with Crippen molar-refractivity contribution in [1.82, 2.24) is 5.32 Å². The molecule has 0 bridgehead atoms. The molecule has 0 radical (unpaired) electrons. The number of ketones is 1. The monoisotopic (exact) mass is 190 g/mol. The quantitative estimate of drug-likeness (QED) is 0.585. The second-order valence-corrected chi connectivity index (χ2v) is 3.49. The van der Waals surface area contributed by atoms with Gasteiger partial charge in [0.05, 0.1) is 11.8 Å². The third-order valence-electron chi connectivity index (χ3n) is 1.28. The van der Waals surface area contributed by atoms with E-state index < -0.39 is 0 Å². The molecule has 0 rings (SSSR count). The Morgan fingerprint density at radius 1 is 1.58 bits per heavy atom. The fourth-order valence-corrected chi connectivity index (χ4v) is 1.60. The molecule has 0 saturated carbocycles. The molecule has 70 valence electrons. The van der Waals surface area contributed by atoms with Crippen molar-refractivity contribution >= 4 is 23.5 Å². The van der Waals surface area contributed by atoms with Crippen LogP contribution in [-0.2, 0) is 9.59 Å².